The third-order valence-electron chi connectivity index (χ3n) is 2.20. The molecule has 0 aliphatic carbocycles. The van der Waals surface area contributed by atoms with Crippen LogP contribution in [0.3, 0.4) is 0 Å². The minimum absolute atomic E-state index is 0.660. The fourth-order valence-electron chi connectivity index (χ4n) is 1.33. The number of hydrogen-bond acceptors (Lipinski definition) is 4. The van der Waals surface area contributed by atoms with E-state index in [1.165, 1.54) is 6.33 Å². The molecule has 0 unspecified atom stereocenters. The van der Waals surface area contributed by atoms with Crippen LogP contribution in [0.2, 0.25) is 0 Å². The smallest absolute Gasteiger partial charge is 0.228 e. The zero-order valence-corrected chi connectivity index (χ0v) is 9.91. The molecule has 0 aliphatic heterocycles. The highest BCUT2D eigenvalue weighted by atomic mass is 15.2. The molecule has 86 valence electrons. The molecule has 2 aromatic rings. The van der Waals surface area contributed by atoms with Crippen LogP contribution in [0.4, 0.5) is 5.95 Å². The Bertz CT molecular complexity index is 506. The van der Waals surface area contributed by atoms with Gasteiger partial charge in [-0.05, 0) is 11.6 Å². The van der Waals surface area contributed by atoms with Crippen molar-refractivity contribution in [1.29, 1.82) is 0 Å². The maximum absolute atomic E-state index is 4.30. The molecule has 4 heteroatoms. The number of aromatic nitrogens is 3. The molecule has 1 heterocycles. The lowest BCUT2D eigenvalue weighted by molar-refractivity contribution is 0.945. The zero-order chi connectivity index (χ0) is 12.1. The topological polar surface area (TPSA) is 41.9 Å². The van der Waals surface area contributed by atoms with E-state index in [4.69, 9.17) is 0 Å². The van der Waals surface area contributed by atoms with Crippen molar-refractivity contribution in [2.24, 2.45) is 0 Å². The Balaban J connectivity index is 2.19. The summed E-state index contributed by atoms with van der Waals surface area (Å²) in [6.45, 7) is 0. The van der Waals surface area contributed by atoms with Crippen LogP contribution in [0.25, 0.3) is 12.2 Å². The van der Waals surface area contributed by atoms with E-state index in [0.717, 1.165) is 5.56 Å². The number of rotatable bonds is 3. The summed E-state index contributed by atoms with van der Waals surface area (Å²) < 4.78 is 0. The van der Waals surface area contributed by atoms with Gasteiger partial charge in [0.1, 0.15) is 6.33 Å². The van der Waals surface area contributed by atoms with Crippen LogP contribution in [-0.4, -0.2) is 29.0 Å². The fraction of sp³-hybridized carbons (Fsp3) is 0.154. The Hall–Kier alpha value is -2.23. The van der Waals surface area contributed by atoms with Gasteiger partial charge in [-0.15, -0.1) is 0 Å². The summed E-state index contributed by atoms with van der Waals surface area (Å²) in [6, 6.07) is 10.1. The quantitative estimate of drug-likeness (QED) is 0.803. The normalized spacial score (nSPS) is 10.7. The van der Waals surface area contributed by atoms with Crippen LogP contribution in [0, 0.1) is 0 Å². The Morgan fingerprint density at radius 2 is 1.76 bits per heavy atom. The van der Waals surface area contributed by atoms with Crippen molar-refractivity contribution < 1.29 is 0 Å². The van der Waals surface area contributed by atoms with Crippen molar-refractivity contribution in [2.75, 3.05) is 19.0 Å². The highest BCUT2D eigenvalue weighted by Crippen LogP contribution is 2.06. The van der Waals surface area contributed by atoms with Gasteiger partial charge in [0.25, 0.3) is 0 Å². The maximum atomic E-state index is 4.30. The standard InChI is InChI=1S/C13H14N4/c1-17(2)13-15-10-14-12(16-13)9-8-11-6-4-3-5-7-11/h3-10H,1-2H3. The average Bonchev–Trinajstić information content (AvgIpc) is 2.38. The van der Waals surface area contributed by atoms with E-state index >= 15 is 0 Å². The Labute approximate surface area is 101 Å². The monoisotopic (exact) mass is 226 g/mol. The van der Waals surface area contributed by atoms with Crippen LogP contribution < -0.4 is 4.90 Å². The predicted octanol–water partition coefficient (Wildman–Crippen LogP) is 2.11. The van der Waals surface area contributed by atoms with Gasteiger partial charge in [-0.1, -0.05) is 36.4 Å². The Morgan fingerprint density at radius 3 is 2.47 bits per heavy atom. The molecule has 2 rings (SSSR count). The molecule has 0 N–H and O–H groups in total. The van der Waals surface area contributed by atoms with Gasteiger partial charge in [0.05, 0.1) is 0 Å². The molecule has 0 atom stereocenters. The summed E-state index contributed by atoms with van der Waals surface area (Å²) in [5, 5.41) is 0. The first-order chi connectivity index (χ1) is 8.25. The minimum Gasteiger partial charge on any atom is -0.347 e. The number of nitrogens with zero attached hydrogens (tertiary/aromatic N) is 4. The van der Waals surface area contributed by atoms with E-state index in [-0.39, 0.29) is 0 Å². The highest BCUT2D eigenvalue weighted by molar-refractivity contribution is 5.66. The average molecular weight is 226 g/mol. The first-order valence-corrected chi connectivity index (χ1v) is 5.35. The van der Waals surface area contributed by atoms with Gasteiger partial charge in [0.15, 0.2) is 5.82 Å². The molecule has 0 aliphatic rings. The summed E-state index contributed by atoms with van der Waals surface area (Å²) >= 11 is 0. The first-order valence-electron chi connectivity index (χ1n) is 5.35. The van der Waals surface area contributed by atoms with E-state index < -0.39 is 0 Å². The molecular formula is C13H14N4. The van der Waals surface area contributed by atoms with Gasteiger partial charge in [-0.2, -0.15) is 4.98 Å². The third-order valence-corrected chi connectivity index (χ3v) is 2.20. The minimum atomic E-state index is 0.660. The molecule has 0 fully saturated rings. The van der Waals surface area contributed by atoms with E-state index in [1.54, 1.807) is 0 Å². The molecule has 0 bridgehead atoms. The van der Waals surface area contributed by atoms with E-state index in [1.807, 2.05) is 61.5 Å². The second-order valence-corrected chi connectivity index (χ2v) is 3.78. The van der Waals surface area contributed by atoms with Gasteiger partial charge >= 0.3 is 0 Å². The zero-order valence-electron chi connectivity index (χ0n) is 9.91. The Morgan fingerprint density at radius 1 is 1.00 bits per heavy atom. The van der Waals surface area contributed by atoms with Gasteiger partial charge in [-0.25, -0.2) is 9.97 Å². The van der Waals surface area contributed by atoms with Crippen molar-refractivity contribution in [2.45, 2.75) is 0 Å². The van der Waals surface area contributed by atoms with Crippen LogP contribution in [-0.2, 0) is 0 Å². The number of hydrogen-bond donors (Lipinski definition) is 0. The summed E-state index contributed by atoms with van der Waals surface area (Å²) in [7, 11) is 3.81. The van der Waals surface area contributed by atoms with E-state index in [9.17, 15) is 0 Å². The summed E-state index contributed by atoms with van der Waals surface area (Å²) in [6.07, 6.45) is 5.38. The number of anilines is 1. The molecule has 1 aromatic carbocycles. The maximum Gasteiger partial charge on any atom is 0.228 e. The SMILES string of the molecule is CN(C)c1ncnc(C=Cc2ccccc2)n1. The van der Waals surface area contributed by atoms with Crippen LogP contribution >= 0.6 is 0 Å². The van der Waals surface area contributed by atoms with Gasteiger partial charge in [0.2, 0.25) is 5.95 Å². The van der Waals surface area contributed by atoms with Crippen LogP contribution in [0.1, 0.15) is 11.4 Å². The molecule has 0 saturated carbocycles. The Kier molecular flexibility index (Phi) is 3.45. The molecular weight excluding hydrogens is 212 g/mol. The summed E-state index contributed by atoms with van der Waals surface area (Å²) in [4.78, 5) is 14.3. The molecule has 0 spiro atoms. The molecule has 4 nitrogen and oxygen atoms in total. The number of benzene rings is 1. The molecule has 17 heavy (non-hydrogen) atoms. The molecule has 0 saturated heterocycles. The summed E-state index contributed by atoms with van der Waals surface area (Å²) in [5.74, 6) is 1.32. The van der Waals surface area contributed by atoms with Gasteiger partial charge in [0, 0.05) is 14.1 Å². The fourth-order valence-corrected chi connectivity index (χ4v) is 1.33. The van der Waals surface area contributed by atoms with E-state index in [0.29, 0.717) is 11.8 Å². The first kappa shape index (κ1) is 11.3. The second-order valence-electron chi connectivity index (χ2n) is 3.78. The molecule has 0 amide bonds. The van der Waals surface area contributed by atoms with Crippen molar-refractivity contribution >= 4 is 18.1 Å². The lowest BCUT2D eigenvalue weighted by Gasteiger charge is -2.08. The van der Waals surface area contributed by atoms with E-state index in [2.05, 4.69) is 15.0 Å². The lowest BCUT2D eigenvalue weighted by atomic mass is 10.2. The molecule has 1 aromatic heterocycles. The third kappa shape index (κ3) is 3.11. The largest absolute Gasteiger partial charge is 0.347 e. The van der Waals surface area contributed by atoms with Crippen LogP contribution in [0.15, 0.2) is 36.7 Å². The highest BCUT2D eigenvalue weighted by Gasteiger charge is 1.99. The molecule has 0 radical (unpaired) electrons. The van der Waals surface area contributed by atoms with Gasteiger partial charge < -0.3 is 4.90 Å². The van der Waals surface area contributed by atoms with Crippen molar-refractivity contribution in [1.82, 2.24) is 15.0 Å². The second kappa shape index (κ2) is 5.21. The van der Waals surface area contributed by atoms with Crippen molar-refractivity contribution in [3.63, 3.8) is 0 Å². The van der Waals surface area contributed by atoms with Crippen molar-refractivity contribution in [3.05, 3.63) is 48.0 Å². The summed E-state index contributed by atoms with van der Waals surface area (Å²) in [5.41, 5.74) is 1.12. The lowest BCUT2D eigenvalue weighted by Crippen LogP contribution is -2.13. The predicted molar refractivity (Wildman–Crippen MR) is 69.5 cm³/mol. The van der Waals surface area contributed by atoms with Crippen LogP contribution in [0.5, 0.6) is 0 Å². The van der Waals surface area contributed by atoms with Crippen molar-refractivity contribution in [3.8, 4) is 0 Å². The van der Waals surface area contributed by atoms with Gasteiger partial charge in [-0.3, -0.25) is 0 Å².